The van der Waals surface area contributed by atoms with E-state index in [-0.39, 0.29) is 9.28 Å². The van der Waals surface area contributed by atoms with Crippen LogP contribution in [-0.2, 0) is 10.1 Å². The molecule has 1 aliphatic rings. The highest BCUT2D eigenvalue weighted by Crippen LogP contribution is 2.43. The van der Waals surface area contributed by atoms with Gasteiger partial charge in [0.05, 0.1) is 4.92 Å². The third-order valence-corrected chi connectivity index (χ3v) is 5.90. The van der Waals surface area contributed by atoms with Gasteiger partial charge >= 0.3 is 0 Å². The maximum absolute atomic E-state index is 11.4. The number of aliphatic hydroxyl groups is 1. The summed E-state index contributed by atoms with van der Waals surface area (Å²) in [4.78, 5) is 10.2. The first kappa shape index (κ1) is 16.5. The summed E-state index contributed by atoms with van der Waals surface area (Å²) in [6, 6.07) is 0. The van der Waals surface area contributed by atoms with Crippen LogP contribution in [0.15, 0.2) is 21.4 Å². The smallest absolute Gasteiger partial charge is 0.281 e. The molecule has 1 aliphatic carbocycles. The largest absolute Gasteiger partial charge is 0.382 e. The Morgan fingerprint density at radius 3 is 2.53 bits per heavy atom. The summed E-state index contributed by atoms with van der Waals surface area (Å²) in [6.07, 6.45) is 2.35. The summed E-state index contributed by atoms with van der Waals surface area (Å²) in [7, 11) is -4.57. The molecule has 0 spiro atoms. The Balaban J connectivity index is 3.53. The van der Waals surface area contributed by atoms with Crippen molar-refractivity contribution in [2.45, 2.75) is 31.1 Å². The van der Waals surface area contributed by atoms with Crippen LogP contribution in [-0.4, -0.2) is 33.9 Å². The summed E-state index contributed by atoms with van der Waals surface area (Å²) >= 11 is 1.57. The van der Waals surface area contributed by atoms with Crippen molar-refractivity contribution in [3.8, 4) is 0 Å². The van der Waals surface area contributed by atoms with Crippen LogP contribution in [0.1, 0.15) is 20.3 Å². The lowest BCUT2D eigenvalue weighted by atomic mass is 9.80. The molecular weight excluding hydrogens is 389 g/mol. The molecule has 0 heterocycles. The summed E-state index contributed by atoms with van der Waals surface area (Å²) in [5.41, 5.74) is -2.36. The Bertz CT molecular complexity index is 554. The minimum atomic E-state index is -4.57. The monoisotopic (exact) mass is 403 g/mol. The van der Waals surface area contributed by atoms with Crippen molar-refractivity contribution >= 4 is 32.7 Å². The molecule has 3 atom stereocenters. The second-order valence-electron chi connectivity index (χ2n) is 4.39. The van der Waals surface area contributed by atoms with Gasteiger partial charge in [0, 0.05) is 6.08 Å². The van der Waals surface area contributed by atoms with Crippen molar-refractivity contribution in [2.24, 2.45) is 5.92 Å². The highest BCUT2D eigenvalue weighted by molar-refractivity contribution is 14.1. The molecule has 0 aliphatic heterocycles. The van der Waals surface area contributed by atoms with Crippen molar-refractivity contribution in [1.82, 2.24) is 0 Å². The summed E-state index contributed by atoms with van der Waals surface area (Å²) in [5.74, 6) is -0.578. The van der Waals surface area contributed by atoms with Gasteiger partial charge in [-0.25, -0.2) is 0 Å². The molecule has 19 heavy (non-hydrogen) atoms. The number of hydrogen-bond acceptors (Lipinski definition) is 5. The fourth-order valence-electron chi connectivity index (χ4n) is 2.00. The van der Waals surface area contributed by atoms with E-state index in [1.165, 1.54) is 0 Å². The van der Waals surface area contributed by atoms with Gasteiger partial charge in [0.15, 0.2) is 0 Å². The standard InChI is InChI=1S/C10H14INO6S/c1-3-6(2)10(13)8(19(16,17)18)5-4-7(9(10)11)12(14)15/h4-6,8,13H,3H2,1-2H3,(H,16,17,18). The van der Waals surface area contributed by atoms with Crippen molar-refractivity contribution in [3.63, 3.8) is 0 Å². The average Bonchev–Trinajstić information content (AvgIpc) is 2.29. The molecule has 0 aromatic heterocycles. The summed E-state index contributed by atoms with van der Waals surface area (Å²) in [5, 5.41) is 19.9. The van der Waals surface area contributed by atoms with E-state index in [0.717, 1.165) is 12.2 Å². The fourth-order valence-corrected chi connectivity index (χ4v) is 4.54. The van der Waals surface area contributed by atoms with Crippen molar-refractivity contribution in [1.29, 1.82) is 0 Å². The summed E-state index contributed by atoms with van der Waals surface area (Å²) < 4.78 is 31.9. The van der Waals surface area contributed by atoms with Crippen molar-refractivity contribution in [3.05, 3.63) is 31.5 Å². The van der Waals surface area contributed by atoms with Gasteiger partial charge in [-0.05, 0) is 28.5 Å². The van der Waals surface area contributed by atoms with E-state index in [1.807, 2.05) is 0 Å². The van der Waals surface area contributed by atoms with E-state index < -0.39 is 31.8 Å². The number of halogens is 1. The van der Waals surface area contributed by atoms with Crippen LogP contribution in [0.3, 0.4) is 0 Å². The molecule has 108 valence electrons. The molecule has 0 saturated carbocycles. The normalized spacial score (nSPS) is 29.4. The SMILES string of the molecule is CCC(C)C1(O)C(I)=C([N+](=O)[O-])C=CC1S(=O)(=O)O. The van der Waals surface area contributed by atoms with Crippen molar-refractivity contribution < 1.29 is 23.0 Å². The molecule has 0 aromatic carbocycles. The topological polar surface area (TPSA) is 118 Å². The first-order chi connectivity index (χ1) is 8.56. The molecule has 0 amide bonds. The highest BCUT2D eigenvalue weighted by atomic mass is 127. The molecule has 0 bridgehead atoms. The molecule has 9 heteroatoms. The Labute approximate surface area is 124 Å². The third kappa shape index (κ3) is 2.83. The Morgan fingerprint density at radius 2 is 2.16 bits per heavy atom. The molecule has 0 saturated heterocycles. The first-order valence-electron chi connectivity index (χ1n) is 5.48. The number of allylic oxidation sites excluding steroid dienone is 1. The number of hydrogen-bond donors (Lipinski definition) is 2. The van der Waals surface area contributed by atoms with Crippen LogP contribution in [0.4, 0.5) is 0 Å². The van der Waals surface area contributed by atoms with E-state index in [1.54, 1.807) is 36.4 Å². The quantitative estimate of drug-likeness (QED) is 0.318. The molecule has 0 fully saturated rings. The van der Waals surface area contributed by atoms with Crippen molar-refractivity contribution in [2.75, 3.05) is 0 Å². The predicted molar refractivity (Wildman–Crippen MR) is 76.9 cm³/mol. The van der Waals surface area contributed by atoms with Gasteiger partial charge in [0.1, 0.15) is 14.4 Å². The van der Waals surface area contributed by atoms with E-state index in [9.17, 15) is 28.2 Å². The first-order valence-corrected chi connectivity index (χ1v) is 8.06. The van der Waals surface area contributed by atoms with Crippen LogP contribution < -0.4 is 0 Å². The molecular formula is C10H14INO6S. The van der Waals surface area contributed by atoms with E-state index in [0.29, 0.717) is 6.42 Å². The minimum Gasteiger partial charge on any atom is -0.382 e. The number of nitrogens with zero attached hydrogens (tertiary/aromatic N) is 1. The van der Waals surface area contributed by atoms with E-state index >= 15 is 0 Å². The zero-order chi connectivity index (χ0) is 15.0. The van der Waals surface area contributed by atoms with Gasteiger partial charge in [-0.15, -0.1) is 0 Å². The van der Waals surface area contributed by atoms with Gasteiger partial charge in [-0.3, -0.25) is 14.7 Å². The zero-order valence-electron chi connectivity index (χ0n) is 10.3. The fraction of sp³-hybridized carbons (Fsp3) is 0.600. The Hall–Kier alpha value is -0.520. The lowest BCUT2D eigenvalue weighted by Crippen LogP contribution is -2.52. The lowest BCUT2D eigenvalue weighted by Gasteiger charge is -2.38. The maximum Gasteiger partial charge on any atom is 0.281 e. The number of nitro groups is 1. The minimum absolute atomic E-state index is 0.0884. The van der Waals surface area contributed by atoms with Crippen LogP contribution in [0.2, 0.25) is 0 Å². The Morgan fingerprint density at radius 1 is 1.63 bits per heavy atom. The van der Waals surface area contributed by atoms with Crippen LogP contribution >= 0.6 is 22.6 Å². The van der Waals surface area contributed by atoms with Gasteiger partial charge in [-0.2, -0.15) is 8.42 Å². The Kier molecular flexibility index (Phi) is 4.75. The van der Waals surface area contributed by atoms with Gasteiger partial charge in [-0.1, -0.05) is 26.3 Å². The van der Waals surface area contributed by atoms with Crippen LogP contribution in [0, 0.1) is 16.0 Å². The van der Waals surface area contributed by atoms with Gasteiger partial charge in [0.2, 0.25) is 0 Å². The maximum atomic E-state index is 11.4. The third-order valence-electron chi connectivity index (χ3n) is 3.32. The zero-order valence-corrected chi connectivity index (χ0v) is 13.3. The van der Waals surface area contributed by atoms with Gasteiger partial charge < -0.3 is 5.11 Å². The molecule has 1 rings (SSSR count). The molecule has 0 radical (unpaired) electrons. The molecule has 2 N–H and O–H groups in total. The molecule has 7 nitrogen and oxygen atoms in total. The van der Waals surface area contributed by atoms with Crippen LogP contribution in [0.25, 0.3) is 0 Å². The lowest BCUT2D eigenvalue weighted by molar-refractivity contribution is -0.420. The van der Waals surface area contributed by atoms with Gasteiger partial charge in [0.25, 0.3) is 15.8 Å². The molecule has 0 aromatic rings. The van der Waals surface area contributed by atoms with E-state index in [4.69, 9.17) is 0 Å². The second-order valence-corrected chi connectivity index (χ2v) is 7.00. The average molecular weight is 403 g/mol. The second kappa shape index (κ2) is 5.46. The number of rotatable bonds is 4. The predicted octanol–water partition coefficient (Wildman–Crippen LogP) is 1.51. The summed E-state index contributed by atoms with van der Waals surface area (Å²) in [6.45, 7) is 3.30. The van der Waals surface area contributed by atoms with Crippen LogP contribution in [0.5, 0.6) is 0 Å². The van der Waals surface area contributed by atoms with E-state index in [2.05, 4.69) is 0 Å². The molecule has 3 unspecified atom stereocenters. The highest BCUT2D eigenvalue weighted by Gasteiger charge is 2.53.